The van der Waals surface area contributed by atoms with Crippen molar-refractivity contribution in [2.75, 3.05) is 11.5 Å². The molecular weight excluding hydrogens is 364 g/mol. The molecule has 142 valence electrons. The smallest absolute Gasteiger partial charge is 0.166 e. The van der Waals surface area contributed by atoms with Crippen LogP contribution in [0, 0.1) is 11.6 Å². The van der Waals surface area contributed by atoms with E-state index in [2.05, 4.69) is 20.1 Å². The number of benzene rings is 1. The molecule has 0 amide bonds. The van der Waals surface area contributed by atoms with Gasteiger partial charge in [-0.15, -0.1) is 0 Å². The predicted octanol–water partition coefficient (Wildman–Crippen LogP) is 3.02. The lowest BCUT2D eigenvalue weighted by molar-refractivity contribution is 0.553. The molecule has 4 rings (SSSR count). The van der Waals surface area contributed by atoms with E-state index in [0.717, 1.165) is 5.56 Å². The molecule has 7 nitrogen and oxygen atoms in total. The number of nitrogen functional groups attached to an aromatic ring is 2. The highest BCUT2D eigenvalue weighted by molar-refractivity contribution is 5.85. The molecule has 4 aromatic rings. The summed E-state index contributed by atoms with van der Waals surface area (Å²) in [6.45, 7) is 1.63. The minimum absolute atomic E-state index is 0.0199. The van der Waals surface area contributed by atoms with E-state index < -0.39 is 17.6 Å². The zero-order valence-corrected chi connectivity index (χ0v) is 15.2. The largest absolute Gasteiger partial charge is 0.381 e. The number of fused-ring (bicyclic) bond motifs is 1. The number of anilines is 2. The molecule has 3 heterocycles. The van der Waals surface area contributed by atoms with Gasteiger partial charge in [0.25, 0.3) is 0 Å². The van der Waals surface area contributed by atoms with Crippen LogP contribution in [0.2, 0.25) is 0 Å². The molecule has 3 aromatic heterocycles. The van der Waals surface area contributed by atoms with E-state index in [9.17, 15) is 4.39 Å². The number of aromatic nitrogens is 5. The molecule has 4 N–H and O–H groups in total. The summed E-state index contributed by atoms with van der Waals surface area (Å²) in [6.07, 6.45) is 6.37. The van der Waals surface area contributed by atoms with Gasteiger partial charge in [0.05, 0.1) is 23.6 Å². The first-order valence-corrected chi connectivity index (χ1v) is 8.49. The van der Waals surface area contributed by atoms with E-state index in [0.29, 0.717) is 11.3 Å². The molecule has 9 heteroatoms. The fraction of sp³-hybridized carbons (Fsp3) is 0.158. The number of pyridine rings is 1. The van der Waals surface area contributed by atoms with Crippen LogP contribution in [0.3, 0.4) is 0 Å². The van der Waals surface area contributed by atoms with Gasteiger partial charge in [0, 0.05) is 53.5 Å². The second kappa shape index (κ2) is 6.52. The molecule has 0 radical (unpaired) electrons. The average molecular weight is 381 g/mol. The molecule has 0 aliphatic heterocycles. The lowest BCUT2D eigenvalue weighted by Crippen LogP contribution is -2.09. The van der Waals surface area contributed by atoms with E-state index in [4.69, 9.17) is 11.5 Å². The molecule has 0 fully saturated rings. The van der Waals surface area contributed by atoms with E-state index >= 15 is 4.39 Å². The summed E-state index contributed by atoms with van der Waals surface area (Å²) in [5.41, 5.74) is 13.1. The molecule has 1 atom stereocenters. The van der Waals surface area contributed by atoms with Crippen molar-refractivity contribution in [3.63, 3.8) is 0 Å². The van der Waals surface area contributed by atoms with Gasteiger partial charge in [0.2, 0.25) is 0 Å². The van der Waals surface area contributed by atoms with Crippen LogP contribution in [-0.2, 0) is 7.05 Å². The van der Waals surface area contributed by atoms with Crippen molar-refractivity contribution in [3.05, 3.63) is 59.8 Å². The topological polar surface area (TPSA) is 109 Å². The summed E-state index contributed by atoms with van der Waals surface area (Å²) < 4.78 is 31.7. The van der Waals surface area contributed by atoms with Crippen molar-refractivity contribution < 1.29 is 8.78 Å². The predicted molar refractivity (Wildman–Crippen MR) is 102 cm³/mol. The summed E-state index contributed by atoms with van der Waals surface area (Å²) in [7, 11) is 1.78. The number of halogens is 2. The maximum Gasteiger partial charge on any atom is 0.166 e. The van der Waals surface area contributed by atoms with Gasteiger partial charge in [-0.3, -0.25) is 9.67 Å². The van der Waals surface area contributed by atoms with Crippen LogP contribution in [0.5, 0.6) is 0 Å². The van der Waals surface area contributed by atoms with Gasteiger partial charge in [0.1, 0.15) is 11.6 Å². The maximum absolute atomic E-state index is 15.3. The Balaban J connectivity index is 1.87. The van der Waals surface area contributed by atoms with Gasteiger partial charge in [-0.25, -0.2) is 18.7 Å². The molecule has 0 spiro atoms. The molecule has 0 bridgehead atoms. The quantitative estimate of drug-likeness (QED) is 0.565. The molecule has 0 aliphatic rings. The van der Waals surface area contributed by atoms with Crippen molar-refractivity contribution in [3.8, 4) is 11.1 Å². The van der Waals surface area contributed by atoms with Gasteiger partial charge in [0.15, 0.2) is 11.6 Å². The van der Waals surface area contributed by atoms with Gasteiger partial charge < -0.3 is 11.5 Å². The van der Waals surface area contributed by atoms with Crippen LogP contribution in [0.25, 0.3) is 22.0 Å². The Bertz CT molecular complexity index is 1200. The summed E-state index contributed by atoms with van der Waals surface area (Å²) in [6, 6.07) is 2.85. The molecule has 28 heavy (non-hydrogen) atoms. The van der Waals surface area contributed by atoms with Crippen molar-refractivity contribution in [2.24, 2.45) is 7.05 Å². The zero-order valence-electron chi connectivity index (χ0n) is 15.2. The van der Waals surface area contributed by atoms with Crippen LogP contribution >= 0.6 is 0 Å². The Morgan fingerprint density at radius 2 is 1.79 bits per heavy atom. The second-order valence-corrected chi connectivity index (χ2v) is 6.57. The van der Waals surface area contributed by atoms with E-state index in [-0.39, 0.29) is 28.1 Å². The lowest BCUT2D eigenvalue weighted by Gasteiger charge is -2.16. The average Bonchev–Trinajstić information content (AvgIpc) is 3.10. The SMILES string of the molecule is CC(c1cnc(N)c(N)n1)c1c(F)cc2ncc(-c3cnn(C)c3)cc2c1F. The molecule has 0 saturated heterocycles. The minimum Gasteiger partial charge on any atom is -0.381 e. The van der Waals surface area contributed by atoms with Crippen LogP contribution < -0.4 is 11.5 Å². The van der Waals surface area contributed by atoms with E-state index in [1.165, 1.54) is 12.3 Å². The summed E-state index contributed by atoms with van der Waals surface area (Å²) in [4.78, 5) is 12.2. The van der Waals surface area contributed by atoms with E-state index in [1.807, 2.05) is 0 Å². The van der Waals surface area contributed by atoms with Gasteiger partial charge in [-0.1, -0.05) is 6.92 Å². The highest BCUT2D eigenvalue weighted by Gasteiger charge is 2.23. The third-order valence-corrected chi connectivity index (χ3v) is 4.67. The van der Waals surface area contributed by atoms with Crippen molar-refractivity contribution in [1.29, 1.82) is 0 Å². The first-order chi connectivity index (χ1) is 13.3. The Kier molecular flexibility index (Phi) is 4.14. The minimum atomic E-state index is -0.721. The third-order valence-electron chi connectivity index (χ3n) is 4.67. The summed E-state index contributed by atoms with van der Waals surface area (Å²) in [5.74, 6) is -2.04. The Labute approximate surface area is 159 Å². The Morgan fingerprint density at radius 3 is 2.46 bits per heavy atom. The number of nitrogens with zero attached hydrogens (tertiary/aromatic N) is 5. The van der Waals surface area contributed by atoms with Crippen molar-refractivity contribution in [2.45, 2.75) is 12.8 Å². The lowest BCUT2D eigenvalue weighted by atomic mass is 9.94. The van der Waals surface area contributed by atoms with Gasteiger partial charge in [-0.2, -0.15) is 5.10 Å². The molecule has 0 saturated carbocycles. The fourth-order valence-electron chi connectivity index (χ4n) is 3.12. The highest BCUT2D eigenvalue weighted by atomic mass is 19.1. The number of hydrogen-bond acceptors (Lipinski definition) is 6. The summed E-state index contributed by atoms with van der Waals surface area (Å²) in [5, 5.41) is 4.32. The first kappa shape index (κ1) is 17.8. The molecular formula is C19H17F2N7. The molecule has 1 unspecified atom stereocenters. The van der Waals surface area contributed by atoms with Crippen LogP contribution in [-0.4, -0.2) is 24.7 Å². The first-order valence-electron chi connectivity index (χ1n) is 8.49. The van der Waals surface area contributed by atoms with Crippen LogP contribution in [0.4, 0.5) is 20.4 Å². The van der Waals surface area contributed by atoms with Gasteiger partial charge >= 0.3 is 0 Å². The number of nitrogens with two attached hydrogens (primary N) is 2. The number of rotatable bonds is 3. The van der Waals surface area contributed by atoms with Crippen LogP contribution in [0.15, 0.2) is 36.9 Å². The normalized spacial score (nSPS) is 12.4. The fourth-order valence-corrected chi connectivity index (χ4v) is 3.12. The van der Waals surface area contributed by atoms with Crippen LogP contribution in [0.1, 0.15) is 24.1 Å². The maximum atomic E-state index is 15.3. The monoisotopic (exact) mass is 381 g/mol. The molecule has 1 aromatic carbocycles. The Morgan fingerprint density at radius 1 is 1.00 bits per heavy atom. The highest BCUT2D eigenvalue weighted by Crippen LogP contribution is 2.33. The third kappa shape index (κ3) is 2.90. The molecule has 0 aliphatic carbocycles. The zero-order chi connectivity index (χ0) is 20.0. The van der Waals surface area contributed by atoms with Crippen molar-refractivity contribution in [1.82, 2.24) is 24.7 Å². The Hall–Kier alpha value is -3.62. The second-order valence-electron chi connectivity index (χ2n) is 6.57. The number of aryl methyl sites for hydroxylation is 1. The van der Waals surface area contributed by atoms with Crippen molar-refractivity contribution >= 4 is 22.5 Å². The van der Waals surface area contributed by atoms with Gasteiger partial charge in [-0.05, 0) is 6.07 Å². The number of hydrogen-bond donors (Lipinski definition) is 2. The van der Waals surface area contributed by atoms with E-state index in [1.54, 1.807) is 43.3 Å². The summed E-state index contributed by atoms with van der Waals surface area (Å²) >= 11 is 0. The standard InChI is InChI=1S/C19H17F2N7/c1-9(15-7-25-18(22)19(23)27-15)16-13(20)4-14-12(17(16)21)3-10(5-24-14)11-6-26-28(2)8-11/h3-9H,1-2H3,(H2,22,25)(H2,23,27).